The van der Waals surface area contributed by atoms with Crippen molar-refractivity contribution >= 4 is 11.9 Å². The molecule has 11 heavy (non-hydrogen) atoms. The third kappa shape index (κ3) is 11.8. The molecule has 0 radical (unpaired) electrons. The predicted octanol–water partition coefficient (Wildman–Crippen LogP) is 0.602. The number of methoxy groups -OCH3 is 1. The van der Waals surface area contributed by atoms with E-state index in [0.717, 1.165) is 6.08 Å². The first-order valence-corrected chi connectivity index (χ1v) is 2.65. The minimum absolute atomic E-state index is 0.669. The van der Waals surface area contributed by atoms with Gasteiger partial charge in [0.25, 0.3) is 0 Å². The smallest absolute Gasteiger partial charge is 0.330 e. The molecule has 0 aliphatic rings. The molecule has 0 fully saturated rings. The van der Waals surface area contributed by atoms with Crippen molar-refractivity contribution in [2.75, 3.05) is 7.11 Å². The zero-order valence-corrected chi connectivity index (χ0v) is 6.24. The molecule has 0 rings (SSSR count). The van der Waals surface area contributed by atoms with Crippen LogP contribution in [-0.4, -0.2) is 24.2 Å². The maximum Gasteiger partial charge on any atom is 0.330 e. The number of ether oxygens (including phenoxy) is 1. The standard InChI is InChI=1S/C5H6O4.C2H4/c1-9-5(8)3-2-4(6)7;1-2/h2-3H,1H3,(H,6,7);1-2H2/b3-2-;. The summed E-state index contributed by atoms with van der Waals surface area (Å²) in [7, 11) is 1.18. The number of carboxylic acid groups (broad SMARTS) is 1. The number of hydrogen-bond acceptors (Lipinski definition) is 3. The third-order valence-electron chi connectivity index (χ3n) is 0.563. The Morgan fingerprint density at radius 1 is 1.36 bits per heavy atom. The molecule has 0 amide bonds. The van der Waals surface area contributed by atoms with Crippen LogP contribution in [0.2, 0.25) is 0 Å². The molecule has 0 aromatic carbocycles. The van der Waals surface area contributed by atoms with Gasteiger partial charge in [-0.2, -0.15) is 0 Å². The van der Waals surface area contributed by atoms with E-state index in [1.807, 2.05) is 0 Å². The minimum Gasteiger partial charge on any atom is -0.478 e. The van der Waals surface area contributed by atoms with Crippen LogP contribution in [-0.2, 0) is 14.3 Å². The Kier molecular flexibility index (Phi) is 9.29. The van der Waals surface area contributed by atoms with Gasteiger partial charge in [-0.3, -0.25) is 0 Å². The monoisotopic (exact) mass is 158 g/mol. The van der Waals surface area contributed by atoms with Gasteiger partial charge in [0.15, 0.2) is 0 Å². The van der Waals surface area contributed by atoms with Gasteiger partial charge in [0.1, 0.15) is 0 Å². The lowest BCUT2D eigenvalue weighted by Crippen LogP contribution is -1.96. The second kappa shape index (κ2) is 8.42. The van der Waals surface area contributed by atoms with Gasteiger partial charge in [0, 0.05) is 12.2 Å². The van der Waals surface area contributed by atoms with Crippen molar-refractivity contribution in [2.45, 2.75) is 0 Å². The highest BCUT2D eigenvalue weighted by atomic mass is 16.5. The molecule has 0 aliphatic heterocycles. The molecule has 0 saturated heterocycles. The second-order valence-electron chi connectivity index (χ2n) is 1.19. The maximum absolute atomic E-state index is 10.1. The van der Waals surface area contributed by atoms with Crippen LogP contribution in [0.1, 0.15) is 0 Å². The number of rotatable bonds is 2. The van der Waals surface area contributed by atoms with Crippen LogP contribution in [0.5, 0.6) is 0 Å². The molecule has 0 aromatic heterocycles. The van der Waals surface area contributed by atoms with Gasteiger partial charge in [-0.05, 0) is 0 Å². The van der Waals surface area contributed by atoms with E-state index in [1.54, 1.807) is 0 Å². The molecule has 0 bridgehead atoms. The number of carbonyl (C=O) groups excluding carboxylic acids is 1. The summed E-state index contributed by atoms with van der Waals surface area (Å²) in [4.78, 5) is 19.9. The van der Waals surface area contributed by atoms with Crippen LogP contribution < -0.4 is 0 Å². The summed E-state index contributed by atoms with van der Waals surface area (Å²) in [6.07, 6.45) is 1.55. The zero-order valence-electron chi connectivity index (χ0n) is 6.24. The first-order chi connectivity index (χ1) is 5.16. The Morgan fingerprint density at radius 3 is 2.09 bits per heavy atom. The first kappa shape index (κ1) is 12.1. The lowest BCUT2D eigenvalue weighted by molar-refractivity contribution is -0.136. The van der Waals surface area contributed by atoms with E-state index in [1.165, 1.54) is 7.11 Å². The Morgan fingerprint density at radius 2 is 1.82 bits per heavy atom. The average Bonchev–Trinajstić information content (AvgIpc) is 2.04. The molecular formula is C7H10O4. The Bertz CT molecular complexity index is 160. The molecule has 0 saturated carbocycles. The molecule has 0 heterocycles. The molecule has 0 aromatic rings. The van der Waals surface area contributed by atoms with Crippen LogP contribution >= 0.6 is 0 Å². The van der Waals surface area contributed by atoms with E-state index in [9.17, 15) is 9.59 Å². The van der Waals surface area contributed by atoms with Gasteiger partial charge >= 0.3 is 11.9 Å². The van der Waals surface area contributed by atoms with Crippen molar-refractivity contribution < 1.29 is 19.4 Å². The molecule has 1 N–H and O–H groups in total. The first-order valence-electron chi connectivity index (χ1n) is 2.65. The van der Waals surface area contributed by atoms with Crippen molar-refractivity contribution in [3.63, 3.8) is 0 Å². The SMILES string of the molecule is C=C.COC(=O)/C=C\C(=O)O. The fourth-order valence-corrected chi connectivity index (χ4v) is 0.207. The molecular weight excluding hydrogens is 148 g/mol. The van der Waals surface area contributed by atoms with Crippen molar-refractivity contribution in [3.05, 3.63) is 25.3 Å². The van der Waals surface area contributed by atoms with E-state index < -0.39 is 11.9 Å². The highest BCUT2D eigenvalue weighted by molar-refractivity contribution is 5.90. The molecule has 0 unspecified atom stereocenters. The Balaban J connectivity index is 0. The third-order valence-corrected chi connectivity index (χ3v) is 0.563. The van der Waals surface area contributed by atoms with Crippen molar-refractivity contribution in [1.82, 2.24) is 0 Å². The fourth-order valence-electron chi connectivity index (χ4n) is 0.207. The van der Waals surface area contributed by atoms with Crippen LogP contribution in [0, 0.1) is 0 Å². The molecule has 62 valence electrons. The lowest BCUT2D eigenvalue weighted by atomic mass is 10.5. The number of aliphatic carboxylic acids is 1. The molecule has 0 atom stereocenters. The van der Waals surface area contributed by atoms with E-state index in [2.05, 4.69) is 17.9 Å². The van der Waals surface area contributed by atoms with Gasteiger partial charge in [0.05, 0.1) is 7.11 Å². The summed E-state index contributed by atoms with van der Waals surface area (Å²) in [5, 5.41) is 7.96. The topological polar surface area (TPSA) is 63.6 Å². The second-order valence-corrected chi connectivity index (χ2v) is 1.19. The normalized spacial score (nSPS) is 8.09. The summed E-state index contributed by atoms with van der Waals surface area (Å²) in [6.45, 7) is 6.00. The molecule has 4 heteroatoms. The quantitative estimate of drug-likeness (QED) is 0.363. The summed E-state index contributed by atoms with van der Waals surface area (Å²) in [5.74, 6) is -1.84. The predicted molar refractivity (Wildman–Crippen MR) is 40.0 cm³/mol. The molecule has 0 aliphatic carbocycles. The fraction of sp³-hybridized carbons (Fsp3) is 0.143. The minimum atomic E-state index is -1.17. The summed E-state index contributed by atoms with van der Waals surface area (Å²) < 4.78 is 4.11. The van der Waals surface area contributed by atoms with Crippen LogP contribution in [0.25, 0.3) is 0 Å². The van der Waals surface area contributed by atoms with Crippen molar-refractivity contribution in [3.8, 4) is 0 Å². The van der Waals surface area contributed by atoms with Gasteiger partial charge in [-0.1, -0.05) is 0 Å². The average molecular weight is 158 g/mol. The van der Waals surface area contributed by atoms with E-state index in [4.69, 9.17) is 5.11 Å². The Hall–Kier alpha value is -1.58. The van der Waals surface area contributed by atoms with Crippen molar-refractivity contribution in [2.24, 2.45) is 0 Å². The van der Waals surface area contributed by atoms with Gasteiger partial charge in [0.2, 0.25) is 0 Å². The van der Waals surface area contributed by atoms with Crippen LogP contribution in [0.15, 0.2) is 25.3 Å². The summed E-state index contributed by atoms with van der Waals surface area (Å²) in [5.41, 5.74) is 0. The summed E-state index contributed by atoms with van der Waals surface area (Å²) in [6, 6.07) is 0. The number of carbonyl (C=O) groups is 2. The van der Waals surface area contributed by atoms with E-state index in [0.29, 0.717) is 6.08 Å². The van der Waals surface area contributed by atoms with E-state index in [-0.39, 0.29) is 0 Å². The van der Waals surface area contributed by atoms with Crippen LogP contribution in [0.3, 0.4) is 0 Å². The molecule has 4 nitrogen and oxygen atoms in total. The van der Waals surface area contributed by atoms with Crippen molar-refractivity contribution in [1.29, 1.82) is 0 Å². The largest absolute Gasteiger partial charge is 0.478 e. The molecule has 0 spiro atoms. The maximum atomic E-state index is 10.1. The van der Waals surface area contributed by atoms with Gasteiger partial charge < -0.3 is 9.84 Å². The highest BCUT2D eigenvalue weighted by Gasteiger charge is 1.91. The number of hydrogen-bond donors (Lipinski definition) is 1. The van der Waals surface area contributed by atoms with Crippen LogP contribution in [0.4, 0.5) is 0 Å². The number of carboxylic acids is 1. The van der Waals surface area contributed by atoms with E-state index >= 15 is 0 Å². The van der Waals surface area contributed by atoms with Gasteiger partial charge in [-0.25, -0.2) is 9.59 Å². The zero-order chi connectivity index (χ0) is 9.28. The Labute approximate surface area is 64.8 Å². The highest BCUT2D eigenvalue weighted by Crippen LogP contribution is 1.76. The number of esters is 1. The summed E-state index contributed by atoms with van der Waals surface area (Å²) >= 11 is 0. The van der Waals surface area contributed by atoms with Gasteiger partial charge in [-0.15, -0.1) is 13.2 Å². The lowest BCUT2D eigenvalue weighted by Gasteiger charge is -1.85.